The summed E-state index contributed by atoms with van der Waals surface area (Å²) in [5, 5.41) is 0. The minimum atomic E-state index is 1.16. The van der Waals surface area contributed by atoms with Crippen LogP contribution in [0, 0.1) is 0 Å². The van der Waals surface area contributed by atoms with Crippen LogP contribution in [0.2, 0.25) is 0 Å². The maximum atomic E-state index is 2.33. The predicted molar refractivity (Wildman–Crippen MR) is 156 cm³/mol. The van der Waals surface area contributed by atoms with Crippen LogP contribution in [-0.2, 0) is 0 Å². The van der Waals surface area contributed by atoms with Gasteiger partial charge >= 0.3 is 0 Å². The molecule has 1 aliphatic rings. The second-order valence-corrected chi connectivity index (χ2v) is 9.35. The summed E-state index contributed by atoms with van der Waals surface area (Å²) in [6.07, 6.45) is 0. The van der Waals surface area contributed by atoms with Crippen molar-refractivity contribution in [3.63, 3.8) is 0 Å². The Bertz CT molecular complexity index is 1600. The SMILES string of the molecule is CN(c1ccccc1)c1ccc(C(=C2C(c3ccccc3)=[N+](C)c3ccccc32)c2ccccc2)cc1. The fraction of sp³-hybridized carbons (Fsp3) is 0.0571. The number of hydrogen-bond acceptors (Lipinski definition) is 1. The fourth-order valence-electron chi connectivity index (χ4n) is 5.29. The van der Waals surface area contributed by atoms with Crippen molar-refractivity contribution in [2.24, 2.45) is 0 Å². The van der Waals surface area contributed by atoms with E-state index in [4.69, 9.17) is 0 Å². The largest absolute Gasteiger partial charge is 0.345 e. The number of allylic oxidation sites excluding steroid dienone is 1. The maximum absolute atomic E-state index is 2.33. The van der Waals surface area contributed by atoms with E-state index < -0.39 is 0 Å². The number of rotatable bonds is 5. The second-order valence-electron chi connectivity index (χ2n) is 9.35. The van der Waals surface area contributed by atoms with Crippen molar-refractivity contribution >= 4 is 33.9 Å². The monoisotopic (exact) mass is 477 g/mol. The summed E-state index contributed by atoms with van der Waals surface area (Å²) >= 11 is 0. The van der Waals surface area contributed by atoms with Crippen LogP contribution in [0.1, 0.15) is 22.3 Å². The van der Waals surface area contributed by atoms with Gasteiger partial charge in [0, 0.05) is 35.6 Å². The Kier molecular flexibility index (Phi) is 6.00. The number of para-hydroxylation sites is 2. The van der Waals surface area contributed by atoms with Crippen molar-refractivity contribution in [3.05, 3.63) is 162 Å². The number of hydrogen-bond donors (Lipinski definition) is 0. The van der Waals surface area contributed by atoms with Crippen LogP contribution in [0.3, 0.4) is 0 Å². The molecule has 0 fully saturated rings. The highest BCUT2D eigenvalue weighted by Gasteiger charge is 2.36. The van der Waals surface area contributed by atoms with E-state index in [9.17, 15) is 0 Å². The van der Waals surface area contributed by atoms with Crippen LogP contribution >= 0.6 is 0 Å². The van der Waals surface area contributed by atoms with E-state index in [-0.39, 0.29) is 0 Å². The molecule has 1 aliphatic heterocycles. The molecule has 0 aromatic heterocycles. The minimum absolute atomic E-state index is 1.16. The van der Waals surface area contributed by atoms with Gasteiger partial charge < -0.3 is 4.90 Å². The molecule has 0 amide bonds. The molecule has 0 bridgehead atoms. The molecule has 0 unspecified atom stereocenters. The number of benzene rings is 5. The van der Waals surface area contributed by atoms with Crippen LogP contribution in [-0.4, -0.2) is 24.4 Å². The molecule has 5 aromatic rings. The van der Waals surface area contributed by atoms with Gasteiger partial charge in [-0.05, 0) is 53.6 Å². The predicted octanol–water partition coefficient (Wildman–Crippen LogP) is 8.19. The summed E-state index contributed by atoms with van der Waals surface area (Å²) in [5.41, 5.74) is 12.2. The Morgan fingerprint density at radius 2 is 1.05 bits per heavy atom. The summed E-state index contributed by atoms with van der Waals surface area (Å²) < 4.78 is 2.33. The molecule has 0 radical (unpaired) electrons. The molecule has 6 rings (SSSR count). The molecule has 0 saturated heterocycles. The van der Waals surface area contributed by atoms with Crippen LogP contribution in [0.4, 0.5) is 17.1 Å². The number of anilines is 2. The van der Waals surface area contributed by atoms with Crippen molar-refractivity contribution < 1.29 is 4.58 Å². The first-order valence-electron chi connectivity index (χ1n) is 12.7. The lowest BCUT2D eigenvalue weighted by molar-refractivity contribution is -0.400. The van der Waals surface area contributed by atoms with Gasteiger partial charge in [-0.1, -0.05) is 91.0 Å². The Morgan fingerprint density at radius 3 is 1.73 bits per heavy atom. The summed E-state index contributed by atoms with van der Waals surface area (Å²) in [7, 11) is 4.29. The van der Waals surface area contributed by atoms with E-state index in [1.165, 1.54) is 50.5 Å². The van der Waals surface area contributed by atoms with Gasteiger partial charge in [0.1, 0.15) is 7.05 Å². The van der Waals surface area contributed by atoms with Crippen molar-refractivity contribution in [2.45, 2.75) is 0 Å². The van der Waals surface area contributed by atoms with Gasteiger partial charge in [-0.15, -0.1) is 0 Å². The highest BCUT2D eigenvalue weighted by Crippen LogP contribution is 2.43. The molecule has 1 heterocycles. The fourth-order valence-corrected chi connectivity index (χ4v) is 5.29. The molecule has 2 nitrogen and oxygen atoms in total. The molecule has 0 aliphatic carbocycles. The van der Waals surface area contributed by atoms with Crippen molar-refractivity contribution in [1.82, 2.24) is 0 Å². The van der Waals surface area contributed by atoms with Gasteiger partial charge in [0.05, 0.1) is 11.1 Å². The smallest absolute Gasteiger partial charge is 0.221 e. The highest BCUT2D eigenvalue weighted by molar-refractivity contribution is 6.38. The average Bonchev–Trinajstić information content (AvgIpc) is 3.26. The zero-order valence-electron chi connectivity index (χ0n) is 21.2. The van der Waals surface area contributed by atoms with Gasteiger partial charge in [-0.3, -0.25) is 0 Å². The molecule has 0 N–H and O–H groups in total. The first-order chi connectivity index (χ1) is 18.2. The molecule has 0 atom stereocenters. The van der Waals surface area contributed by atoms with Crippen molar-refractivity contribution in [2.75, 3.05) is 19.0 Å². The van der Waals surface area contributed by atoms with Gasteiger partial charge in [0.25, 0.3) is 0 Å². The lowest BCUT2D eigenvalue weighted by Crippen LogP contribution is -2.12. The third-order valence-corrected chi connectivity index (χ3v) is 7.15. The summed E-state index contributed by atoms with van der Waals surface area (Å²) in [6, 6.07) is 49.7. The summed E-state index contributed by atoms with van der Waals surface area (Å²) in [5.74, 6) is 0. The standard InChI is InChI=1S/C35H29N2/c1-36(29-18-10-5-11-19-29)30-24-22-27(23-25-30)33(26-14-6-3-7-15-26)34-31-20-12-13-21-32(31)37(2)35(34)28-16-8-4-9-17-28/h3-25H,1-2H3/q+1. The molecular weight excluding hydrogens is 448 g/mol. The zero-order chi connectivity index (χ0) is 25.2. The van der Waals surface area contributed by atoms with E-state index in [1.807, 2.05) is 0 Å². The van der Waals surface area contributed by atoms with Gasteiger partial charge in [-0.25, -0.2) is 0 Å². The third-order valence-electron chi connectivity index (χ3n) is 7.15. The lowest BCUT2D eigenvalue weighted by atomic mass is 9.86. The van der Waals surface area contributed by atoms with E-state index >= 15 is 0 Å². The lowest BCUT2D eigenvalue weighted by Gasteiger charge is -2.20. The Labute approximate surface area is 219 Å². The Balaban J connectivity index is 1.58. The Morgan fingerprint density at radius 1 is 0.541 bits per heavy atom. The molecule has 2 heteroatoms. The second kappa shape index (κ2) is 9.75. The molecule has 0 saturated carbocycles. The van der Waals surface area contributed by atoms with Crippen LogP contribution in [0.15, 0.2) is 140 Å². The summed E-state index contributed by atoms with van der Waals surface area (Å²) in [6.45, 7) is 0. The van der Waals surface area contributed by atoms with E-state index in [0.29, 0.717) is 0 Å². The molecular formula is C35H29N2+. The minimum Gasteiger partial charge on any atom is -0.345 e. The maximum Gasteiger partial charge on any atom is 0.221 e. The zero-order valence-corrected chi connectivity index (χ0v) is 21.2. The first-order valence-corrected chi connectivity index (χ1v) is 12.7. The summed E-state index contributed by atoms with van der Waals surface area (Å²) in [4.78, 5) is 2.22. The average molecular weight is 478 g/mol. The third kappa shape index (κ3) is 4.17. The quantitative estimate of drug-likeness (QED) is 0.231. The normalized spacial score (nSPS) is 13.9. The number of nitrogens with zero attached hydrogens (tertiary/aromatic N) is 2. The van der Waals surface area contributed by atoms with E-state index in [1.54, 1.807) is 0 Å². The van der Waals surface area contributed by atoms with Gasteiger partial charge in [0.2, 0.25) is 11.4 Å². The van der Waals surface area contributed by atoms with Gasteiger partial charge in [-0.2, -0.15) is 4.58 Å². The van der Waals surface area contributed by atoms with E-state index in [0.717, 1.165) is 5.69 Å². The van der Waals surface area contributed by atoms with Gasteiger partial charge in [0.15, 0.2) is 0 Å². The highest BCUT2D eigenvalue weighted by atomic mass is 15.1. The van der Waals surface area contributed by atoms with Crippen molar-refractivity contribution in [3.8, 4) is 0 Å². The van der Waals surface area contributed by atoms with Crippen molar-refractivity contribution in [1.29, 1.82) is 0 Å². The van der Waals surface area contributed by atoms with Crippen LogP contribution in [0.5, 0.6) is 0 Å². The van der Waals surface area contributed by atoms with Crippen LogP contribution in [0.25, 0.3) is 11.1 Å². The molecule has 178 valence electrons. The molecule has 5 aromatic carbocycles. The molecule has 0 spiro atoms. The van der Waals surface area contributed by atoms with Crippen LogP contribution < -0.4 is 4.90 Å². The molecule has 37 heavy (non-hydrogen) atoms. The topological polar surface area (TPSA) is 6.25 Å². The first kappa shape index (κ1) is 22.8. The Hall–Kier alpha value is -4.69. The number of fused-ring (bicyclic) bond motifs is 1. The van der Waals surface area contributed by atoms with E-state index in [2.05, 4.69) is 163 Å².